The number of nitrogens with two attached hydrogens (primary N) is 1. The quantitative estimate of drug-likeness (QED) is 0.204. The van der Waals surface area contributed by atoms with Crippen LogP contribution in [0.25, 0.3) is 10.9 Å². The number of carbonyl (C=O) groups excluding carboxylic acids is 4. The molecule has 0 spiro atoms. The smallest absolute Gasteiger partial charge is 0.343 e. The van der Waals surface area contributed by atoms with E-state index >= 15 is 0 Å². The molecule has 0 aliphatic heterocycles. The summed E-state index contributed by atoms with van der Waals surface area (Å²) in [7, 11) is 2.89. The third kappa shape index (κ3) is 9.05. The summed E-state index contributed by atoms with van der Waals surface area (Å²) < 4.78 is 11.6. The number of amides is 1. The number of aryl methyl sites for hydroxylation is 1. The van der Waals surface area contributed by atoms with Gasteiger partial charge < -0.3 is 19.8 Å². The third-order valence-electron chi connectivity index (χ3n) is 4.25. The number of carbonyl (C=O) groups is 4. The second-order valence-electron chi connectivity index (χ2n) is 6.46. The van der Waals surface area contributed by atoms with Gasteiger partial charge in [-0.3, -0.25) is 14.4 Å². The summed E-state index contributed by atoms with van der Waals surface area (Å²) in [6.45, 7) is 14.6. The van der Waals surface area contributed by atoms with Crippen molar-refractivity contribution in [3.05, 3.63) is 53.8 Å². The van der Waals surface area contributed by atoms with Crippen LogP contribution >= 0.6 is 0 Å². The normalized spacial score (nSPS) is 9.41. The van der Waals surface area contributed by atoms with Crippen LogP contribution < -0.4 is 10.5 Å². The van der Waals surface area contributed by atoms with E-state index in [-0.39, 0.29) is 22.3 Å². The molecule has 0 bridgehead atoms. The first-order valence-corrected chi connectivity index (χ1v) is 11.0. The number of benzene rings is 1. The van der Waals surface area contributed by atoms with Crippen molar-refractivity contribution in [2.75, 3.05) is 13.7 Å². The van der Waals surface area contributed by atoms with Crippen molar-refractivity contribution in [1.82, 2.24) is 4.57 Å². The SMILES string of the molecule is C/C=C\CC.C=CC.CC.COC(=O)COc1c(C=O)ccc2c1c(C(=O)C(N)=O)c(C)n2C. The van der Waals surface area contributed by atoms with Gasteiger partial charge in [0, 0.05) is 12.7 Å². The molecular formula is C26H38N2O6. The summed E-state index contributed by atoms with van der Waals surface area (Å²) in [5.74, 6) is -2.65. The highest BCUT2D eigenvalue weighted by Gasteiger charge is 2.26. The van der Waals surface area contributed by atoms with Crippen LogP contribution in [0.3, 0.4) is 0 Å². The van der Waals surface area contributed by atoms with Crippen molar-refractivity contribution >= 4 is 34.8 Å². The van der Waals surface area contributed by atoms with Crippen molar-refractivity contribution in [2.45, 2.75) is 48.0 Å². The number of aromatic nitrogens is 1. The van der Waals surface area contributed by atoms with Gasteiger partial charge in [0.15, 0.2) is 12.9 Å². The lowest BCUT2D eigenvalue weighted by Gasteiger charge is -2.10. The van der Waals surface area contributed by atoms with E-state index in [1.807, 2.05) is 27.7 Å². The Morgan fingerprint density at radius 2 is 1.74 bits per heavy atom. The van der Waals surface area contributed by atoms with Gasteiger partial charge in [-0.25, -0.2) is 4.79 Å². The van der Waals surface area contributed by atoms with Gasteiger partial charge in [0.05, 0.1) is 29.1 Å². The highest BCUT2D eigenvalue weighted by molar-refractivity contribution is 6.45. The molecule has 0 unspecified atom stereocenters. The molecule has 8 nitrogen and oxygen atoms in total. The lowest BCUT2D eigenvalue weighted by atomic mass is 10.0. The fourth-order valence-electron chi connectivity index (χ4n) is 2.71. The number of Topliss-reactive ketones (excluding diaryl/α,β-unsaturated/α-hetero) is 1. The first-order valence-electron chi connectivity index (χ1n) is 11.0. The van der Waals surface area contributed by atoms with Gasteiger partial charge in [-0.2, -0.15) is 0 Å². The predicted molar refractivity (Wildman–Crippen MR) is 136 cm³/mol. The number of fused-ring (bicyclic) bond motifs is 1. The largest absolute Gasteiger partial charge is 0.480 e. The van der Waals surface area contributed by atoms with Crippen molar-refractivity contribution < 1.29 is 28.7 Å². The van der Waals surface area contributed by atoms with Gasteiger partial charge in [-0.15, -0.1) is 6.58 Å². The highest BCUT2D eigenvalue weighted by atomic mass is 16.6. The molecule has 2 N–H and O–H groups in total. The average molecular weight is 475 g/mol. The minimum atomic E-state index is -1.12. The maximum Gasteiger partial charge on any atom is 0.343 e. The molecule has 0 radical (unpaired) electrons. The zero-order valence-corrected chi connectivity index (χ0v) is 21.6. The molecule has 0 fully saturated rings. The maximum absolute atomic E-state index is 12.2. The summed E-state index contributed by atoms with van der Waals surface area (Å²) >= 11 is 0. The number of ketones is 1. The molecule has 0 saturated carbocycles. The van der Waals surface area contributed by atoms with E-state index in [4.69, 9.17) is 10.5 Å². The molecule has 2 aromatic rings. The van der Waals surface area contributed by atoms with Crippen molar-refractivity contribution in [3.8, 4) is 5.75 Å². The first kappa shape index (κ1) is 32.5. The average Bonchev–Trinajstić information content (AvgIpc) is 3.09. The molecule has 1 heterocycles. The van der Waals surface area contributed by atoms with Crippen molar-refractivity contribution in [1.29, 1.82) is 0 Å². The number of aldehydes is 1. The van der Waals surface area contributed by atoms with E-state index in [2.05, 4.69) is 30.4 Å². The van der Waals surface area contributed by atoms with Crippen LogP contribution in [0.1, 0.15) is 67.4 Å². The summed E-state index contributed by atoms with van der Waals surface area (Å²) in [6, 6.07) is 3.12. The minimum absolute atomic E-state index is 0.0289. The van der Waals surface area contributed by atoms with E-state index in [1.165, 1.54) is 13.2 Å². The Morgan fingerprint density at radius 3 is 2.12 bits per heavy atom. The number of esters is 1. The van der Waals surface area contributed by atoms with Crippen molar-refractivity contribution in [2.24, 2.45) is 12.8 Å². The van der Waals surface area contributed by atoms with Crippen LogP contribution in [0, 0.1) is 6.92 Å². The molecule has 188 valence electrons. The zero-order valence-electron chi connectivity index (χ0n) is 21.6. The molecule has 0 saturated heterocycles. The zero-order chi connectivity index (χ0) is 26.8. The van der Waals surface area contributed by atoms with Gasteiger partial charge in [-0.05, 0) is 39.3 Å². The summed E-state index contributed by atoms with van der Waals surface area (Å²) in [5, 5.41) is 0.257. The molecule has 1 aromatic heterocycles. The van der Waals surface area contributed by atoms with E-state index in [0.29, 0.717) is 17.5 Å². The van der Waals surface area contributed by atoms with Gasteiger partial charge >= 0.3 is 5.97 Å². The maximum atomic E-state index is 12.2. The third-order valence-corrected chi connectivity index (χ3v) is 4.25. The van der Waals surface area contributed by atoms with E-state index in [1.54, 1.807) is 30.7 Å². The molecule has 8 heteroatoms. The summed E-state index contributed by atoms with van der Waals surface area (Å²) in [5.41, 5.74) is 6.34. The number of ether oxygens (including phenoxy) is 2. The number of hydrogen-bond donors (Lipinski definition) is 1. The van der Waals surface area contributed by atoms with E-state index in [0.717, 1.165) is 6.42 Å². The number of primary amides is 1. The Kier molecular flexibility index (Phi) is 17.0. The second kappa shape index (κ2) is 17.8. The van der Waals surface area contributed by atoms with Crippen LogP contribution in [0.15, 0.2) is 36.9 Å². The fourth-order valence-corrected chi connectivity index (χ4v) is 2.71. The molecule has 1 aromatic carbocycles. The van der Waals surface area contributed by atoms with Crippen LogP contribution in [-0.2, 0) is 21.4 Å². The summed E-state index contributed by atoms with van der Waals surface area (Å²) in [4.78, 5) is 46.2. The number of allylic oxidation sites excluding steroid dienone is 3. The Morgan fingerprint density at radius 1 is 1.18 bits per heavy atom. The predicted octanol–water partition coefficient (Wildman–Crippen LogP) is 4.71. The number of nitrogens with zero attached hydrogens (tertiary/aromatic N) is 1. The second-order valence-corrected chi connectivity index (χ2v) is 6.46. The lowest BCUT2D eigenvalue weighted by molar-refractivity contribution is -0.142. The standard InChI is InChI=1S/C16H16N2O6.C5H10.C3H6.C2H6/c1-8-12(14(21)16(17)22)13-10(18(8)2)5-4-9(6-19)15(13)24-7-11(20)23-3;1-3-5-4-2;1-3-2;1-2/h4-6H,7H2,1-3H3,(H2,17,22);3,5H,4H2,1-2H3;3H,1H2,2H3;1-2H3/b;5-3-;;. The van der Waals surface area contributed by atoms with Gasteiger partial charge in [0.25, 0.3) is 11.7 Å². The van der Waals surface area contributed by atoms with Gasteiger partial charge in [0.2, 0.25) is 0 Å². The Labute approximate surface area is 202 Å². The molecule has 34 heavy (non-hydrogen) atoms. The molecule has 0 atom stereocenters. The highest BCUT2D eigenvalue weighted by Crippen LogP contribution is 2.35. The molecule has 1 amide bonds. The fraction of sp³-hybridized carbons (Fsp3) is 0.385. The van der Waals surface area contributed by atoms with E-state index in [9.17, 15) is 19.2 Å². The van der Waals surface area contributed by atoms with Crippen LogP contribution in [-0.4, -0.2) is 42.2 Å². The minimum Gasteiger partial charge on any atom is -0.480 e. The summed E-state index contributed by atoms with van der Waals surface area (Å²) in [6.07, 6.45) is 7.63. The van der Waals surface area contributed by atoms with Gasteiger partial charge in [0.1, 0.15) is 5.75 Å². The van der Waals surface area contributed by atoms with Gasteiger partial charge in [-0.1, -0.05) is 39.0 Å². The Bertz CT molecular complexity index is 1000. The number of rotatable bonds is 7. The Hall–Kier alpha value is -3.68. The van der Waals surface area contributed by atoms with E-state index < -0.39 is 24.3 Å². The topological polar surface area (TPSA) is 118 Å². The first-order chi connectivity index (χ1) is 16.2. The molecule has 2 rings (SSSR count). The lowest BCUT2D eigenvalue weighted by Crippen LogP contribution is -2.24. The van der Waals surface area contributed by atoms with Crippen molar-refractivity contribution in [3.63, 3.8) is 0 Å². The Balaban J connectivity index is 0. The van der Waals surface area contributed by atoms with Crippen LogP contribution in [0.4, 0.5) is 0 Å². The molecule has 0 aliphatic carbocycles. The monoisotopic (exact) mass is 474 g/mol. The molecular weight excluding hydrogens is 436 g/mol. The van der Waals surface area contributed by atoms with Crippen LogP contribution in [0.5, 0.6) is 5.75 Å². The van der Waals surface area contributed by atoms with Crippen LogP contribution in [0.2, 0.25) is 0 Å². The molecule has 0 aliphatic rings. The number of hydrogen-bond acceptors (Lipinski definition) is 6. The number of methoxy groups -OCH3 is 1.